The summed E-state index contributed by atoms with van der Waals surface area (Å²) in [7, 11) is 0. The van der Waals surface area contributed by atoms with Crippen molar-refractivity contribution in [1.82, 2.24) is 10.6 Å². The SMILES string of the molecule is O=C1CC(NC2CCc3cc(Br)ccc3C2)CN1. The number of halogens is 1. The van der Waals surface area contributed by atoms with Crippen LogP contribution in [0.25, 0.3) is 0 Å². The molecule has 4 heteroatoms. The summed E-state index contributed by atoms with van der Waals surface area (Å²) >= 11 is 3.52. The molecular formula is C14H17BrN2O. The van der Waals surface area contributed by atoms with Gasteiger partial charge in [0, 0.05) is 29.5 Å². The Balaban J connectivity index is 1.64. The number of benzene rings is 1. The van der Waals surface area contributed by atoms with E-state index in [-0.39, 0.29) is 5.91 Å². The molecule has 1 aromatic carbocycles. The van der Waals surface area contributed by atoms with Gasteiger partial charge in [-0.2, -0.15) is 0 Å². The monoisotopic (exact) mass is 308 g/mol. The Bertz CT molecular complexity index is 475. The zero-order chi connectivity index (χ0) is 12.5. The molecule has 1 heterocycles. The smallest absolute Gasteiger partial charge is 0.221 e. The molecular weight excluding hydrogens is 292 g/mol. The Morgan fingerprint density at radius 1 is 1.22 bits per heavy atom. The lowest BCUT2D eigenvalue weighted by Gasteiger charge is -2.28. The number of aryl methyl sites for hydroxylation is 1. The van der Waals surface area contributed by atoms with Gasteiger partial charge < -0.3 is 10.6 Å². The first-order valence-electron chi connectivity index (χ1n) is 6.51. The average Bonchev–Trinajstić information content (AvgIpc) is 2.75. The van der Waals surface area contributed by atoms with E-state index in [2.05, 4.69) is 44.8 Å². The van der Waals surface area contributed by atoms with Gasteiger partial charge in [0.2, 0.25) is 5.91 Å². The second-order valence-electron chi connectivity index (χ2n) is 5.22. The molecule has 3 rings (SSSR count). The van der Waals surface area contributed by atoms with E-state index in [4.69, 9.17) is 0 Å². The van der Waals surface area contributed by atoms with Crippen LogP contribution in [0.4, 0.5) is 0 Å². The molecule has 1 amide bonds. The highest BCUT2D eigenvalue weighted by Crippen LogP contribution is 2.25. The van der Waals surface area contributed by atoms with Crippen LogP contribution in [0.5, 0.6) is 0 Å². The molecule has 1 aliphatic carbocycles. The van der Waals surface area contributed by atoms with Crippen LogP contribution in [0.1, 0.15) is 24.0 Å². The van der Waals surface area contributed by atoms with Gasteiger partial charge in [0.15, 0.2) is 0 Å². The Morgan fingerprint density at radius 3 is 2.89 bits per heavy atom. The third-order valence-corrected chi connectivity index (χ3v) is 4.34. The normalized spacial score (nSPS) is 26.8. The van der Waals surface area contributed by atoms with Crippen LogP contribution in [0.2, 0.25) is 0 Å². The van der Waals surface area contributed by atoms with Gasteiger partial charge in [-0.25, -0.2) is 0 Å². The van der Waals surface area contributed by atoms with Gasteiger partial charge in [0.25, 0.3) is 0 Å². The van der Waals surface area contributed by atoms with Gasteiger partial charge in [0.05, 0.1) is 0 Å². The van der Waals surface area contributed by atoms with Gasteiger partial charge in [0.1, 0.15) is 0 Å². The van der Waals surface area contributed by atoms with Gasteiger partial charge in [-0.15, -0.1) is 0 Å². The fourth-order valence-electron chi connectivity index (χ4n) is 2.92. The Hall–Kier alpha value is -0.870. The molecule has 2 atom stereocenters. The van der Waals surface area contributed by atoms with Gasteiger partial charge in [-0.05, 0) is 42.5 Å². The molecule has 96 valence electrons. The highest BCUT2D eigenvalue weighted by Gasteiger charge is 2.26. The topological polar surface area (TPSA) is 41.1 Å². The van der Waals surface area contributed by atoms with E-state index in [1.54, 1.807) is 0 Å². The minimum Gasteiger partial charge on any atom is -0.354 e. The number of rotatable bonds is 2. The molecule has 0 radical (unpaired) electrons. The number of hydrogen-bond donors (Lipinski definition) is 2. The Kier molecular flexibility index (Phi) is 3.39. The first-order valence-corrected chi connectivity index (χ1v) is 7.30. The molecule has 2 aliphatic rings. The molecule has 3 nitrogen and oxygen atoms in total. The maximum atomic E-state index is 11.2. The van der Waals surface area contributed by atoms with Crippen molar-refractivity contribution >= 4 is 21.8 Å². The van der Waals surface area contributed by atoms with Gasteiger partial charge in [-0.1, -0.05) is 22.0 Å². The third kappa shape index (κ3) is 2.59. The lowest BCUT2D eigenvalue weighted by molar-refractivity contribution is -0.119. The summed E-state index contributed by atoms with van der Waals surface area (Å²) in [5, 5.41) is 6.49. The van der Waals surface area contributed by atoms with Crippen molar-refractivity contribution in [2.45, 2.75) is 37.8 Å². The lowest BCUT2D eigenvalue weighted by atomic mass is 9.88. The molecule has 0 bridgehead atoms. The molecule has 2 N–H and O–H groups in total. The quantitative estimate of drug-likeness (QED) is 0.874. The third-order valence-electron chi connectivity index (χ3n) is 3.85. The van der Waals surface area contributed by atoms with E-state index in [1.165, 1.54) is 15.6 Å². The van der Waals surface area contributed by atoms with Crippen LogP contribution in [0.15, 0.2) is 22.7 Å². The van der Waals surface area contributed by atoms with Crippen molar-refractivity contribution in [1.29, 1.82) is 0 Å². The molecule has 1 aliphatic heterocycles. The Morgan fingerprint density at radius 2 is 2.11 bits per heavy atom. The van der Waals surface area contributed by atoms with E-state index in [1.807, 2.05) is 0 Å². The van der Waals surface area contributed by atoms with Gasteiger partial charge >= 0.3 is 0 Å². The van der Waals surface area contributed by atoms with Crippen LogP contribution in [-0.4, -0.2) is 24.5 Å². The first kappa shape index (κ1) is 12.2. The Labute approximate surface area is 115 Å². The minimum absolute atomic E-state index is 0.174. The molecule has 0 saturated carbocycles. The van der Waals surface area contributed by atoms with Crippen LogP contribution >= 0.6 is 15.9 Å². The maximum Gasteiger partial charge on any atom is 0.221 e. The number of carbonyl (C=O) groups excluding carboxylic acids is 1. The molecule has 1 fully saturated rings. The van der Waals surface area contributed by atoms with E-state index in [9.17, 15) is 4.79 Å². The predicted octanol–water partition coefficient (Wildman–Crippen LogP) is 1.78. The van der Waals surface area contributed by atoms with Crippen molar-refractivity contribution < 1.29 is 4.79 Å². The predicted molar refractivity (Wildman–Crippen MR) is 74.5 cm³/mol. The average molecular weight is 309 g/mol. The summed E-state index contributed by atoms with van der Waals surface area (Å²) in [6.07, 6.45) is 3.99. The minimum atomic E-state index is 0.174. The van der Waals surface area contributed by atoms with Crippen LogP contribution < -0.4 is 10.6 Å². The summed E-state index contributed by atoms with van der Waals surface area (Å²) in [6.45, 7) is 0.780. The van der Waals surface area contributed by atoms with Crippen LogP contribution in [0, 0.1) is 0 Å². The van der Waals surface area contributed by atoms with E-state index in [0.717, 1.165) is 25.8 Å². The highest BCUT2D eigenvalue weighted by molar-refractivity contribution is 9.10. The summed E-state index contributed by atoms with van der Waals surface area (Å²) in [5.41, 5.74) is 2.90. The second kappa shape index (κ2) is 5.02. The lowest BCUT2D eigenvalue weighted by Crippen LogP contribution is -2.42. The molecule has 0 aromatic heterocycles. The van der Waals surface area contributed by atoms with E-state index >= 15 is 0 Å². The summed E-state index contributed by atoms with van der Waals surface area (Å²) in [4.78, 5) is 11.2. The molecule has 1 aromatic rings. The number of nitrogens with one attached hydrogen (secondary N) is 2. The zero-order valence-corrected chi connectivity index (χ0v) is 11.8. The fraction of sp³-hybridized carbons (Fsp3) is 0.500. The number of hydrogen-bond acceptors (Lipinski definition) is 2. The van der Waals surface area contributed by atoms with Crippen molar-refractivity contribution in [3.05, 3.63) is 33.8 Å². The molecule has 2 unspecified atom stereocenters. The maximum absolute atomic E-state index is 11.2. The largest absolute Gasteiger partial charge is 0.354 e. The highest BCUT2D eigenvalue weighted by atomic mass is 79.9. The van der Waals surface area contributed by atoms with E-state index < -0.39 is 0 Å². The zero-order valence-electron chi connectivity index (χ0n) is 10.2. The molecule has 18 heavy (non-hydrogen) atoms. The second-order valence-corrected chi connectivity index (χ2v) is 6.14. The molecule has 0 spiro atoms. The van der Waals surface area contributed by atoms with Crippen molar-refractivity contribution in [2.24, 2.45) is 0 Å². The first-order chi connectivity index (χ1) is 8.70. The number of fused-ring (bicyclic) bond motifs is 1. The van der Waals surface area contributed by atoms with Crippen LogP contribution in [-0.2, 0) is 17.6 Å². The van der Waals surface area contributed by atoms with Crippen molar-refractivity contribution in [3.8, 4) is 0 Å². The standard InChI is InChI=1S/C14H17BrN2O/c15-11-3-1-10-6-12(4-2-9(10)5-11)17-13-7-14(18)16-8-13/h1,3,5,12-13,17H,2,4,6-8H2,(H,16,18). The van der Waals surface area contributed by atoms with Gasteiger partial charge in [-0.3, -0.25) is 4.79 Å². The van der Waals surface area contributed by atoms with Crippen LogP contribution in [0.3, 0.4) is 0 Å². The summed E-state index contributed by atoms with van der Waals surface area (Å²) in [6, 6.07) is 7.38. The summed E-state index contributed by atoms with van der Waals surface area (Å²) in [5.74, 6) is 0.174. The van der Waals surface area contributed by atoms with Crippen molar-refractivity contribution in [3.63, 3.8) is 0 Å². The number of carbonyl (C=O) groups is 1. The summed E-state index contributed by atoms with van der Waals surface area (Å²) < 4.78 is 1.17. The van der Waals surface area contributed by atoms with E-state index in [0.29, 0.717) is 18.5 Å². The fourth-order valence-corrected chi connectivity index (χ4v) is 3.33. The van der Waals surface area contributed by atoms with Crippen molar-refractivity contribution in [2.75, 3.05) is 6.54 Å². The molecule has 1 saturated heterocycles. The number of amides is 1.